The summed E-state index contributed by atoms with van der Waals surface area (Å²) in [6.07, 6.45) is 0.175. The number of methoxy groups -OCH3 is 1. The molecule has 6 nitrogen and oxygen atoms in total. The number of rotatable bonds is 8. The van der Waals surface area contributed by atoms with Gasteiger partial charge >= 0.3 is 0 Å². The molecule has 0 aliphatic heterocycles. The van der Waals surface area contributed by atoms with Crippen LogP contribution in [0.4, 0.5) is 5.13 Å². The molecule has 32 heavy (non-hydrogen) atoms. The van der Waals surface area contributed by atoms with Gasteiger partial charge in [0.2, 0.25) is 5.91 Å². The lowest BCUT2D eigenvalue weighted by atomic mass is 10.2. The first kappa shape index (κ1) is 22.3. The highest BCUT2D eigenvalue weighted by molar-refractivity contribution is 7.14. The molecule has 4 aromatic rings. The maximum absolute atomic E-state index is 12.4. The predicted molar refractivity (Wildman–Crippen MR) is 129 cm³/mol. The number of halogens is 1. The van der Waals surface area contributed by atoms with Gasteiger partial charge < -0.3 is 14.8 Å². The Morgan fingerprint density at radius 1 is 1.06 bits per heavy atom. The molecule has 2 heterocycles. The molecule has 4 rings (SSSR count). The Hall–Kier alpha value is -2.94. The lowest BCUT2D eigenvalue weighted by Gasteiger charge is -2.05. The van der Waals surface area contributed by atoms with Crippen LogP contribution in [0.2, 0.25) is 5.02 Å². The summed E-state index contributed by atoms with van der Waals surface area (Å²) in [4.78, 5) is 21.4. The molecular formula is C23H20ClN3O3S2. The van der Waals surface area contributed by atoms with Crippen molar-refractivity contribution < 1.29 is 14.3 Å². The highest BCUT2D eigenvalue weighted by Gasteiger charge is 2.12. The topological polar surface area (TPSA) is 73.3 Å². The van der Waals surface area contributed by atoms with Gasteiger partial charge in [-0.1, -0.05) is 11.6 Å². The van der Waals surface area contributed by atoms with Crippen molar-refractivity contribution in [3.8, 4) is 22.8 Å². The van der Waals surface area contributed by atoms with Gasteiger partial charge in [0, 0.05) is 21.3 Å². The number of thiazole rings is 2. The van der Waals surface area contributed by atoms with E-state index in [1.54, 1.807) is 7.11 Å². The Kier molecular flexibility index (Phi) is 7.04. The largest absolute Gasteiger partial charge is 0.497 e. The molecular weight excluding hydrogens is 466 g/mol. The van der Waals surface area contributed by atoms with Crippen molar-refractivity contribution in [1.82, 2.24) is 9.97 Å². The van der Waals surface area contributed by atoms with Crippen molar-refractivity contribution >= 4 is 45.3 Å². The highest BCUT2D eigenvalue weighted by atomic mass is 35.5. The summed E-state index contributed by atoms with van der Waals surface area (Å²) in [5, 5.41) is 8.69. The first-order valence-corrected chi connectivity index (χ1v) is 11.9. The van der Waals surface area contributed by atoms with Crippen LogP contribution in [0.1, 0.15) is 16.3 Å². The van der Waals surface area contributed by atoms with Crippen LogP contribution < -0.4 is 14.8 Å². The summed E-state index contributed by atoms with van der Waals surface area (Å²) in [7, 11) is 1.63. The molecule has 0 saturated heterocycles. The third kappa shape index (κ3) is 5.64. The van der Waals surface area contributed by atoms with Crippen molar-refractivity contribution in [2.24, 2.45) is 0 Å². The van der Waals surface area contributed by atoms with E-state index in [9.17, 15) is 4.79 Å². The number of ether oxygens (including phenoxy) is 2. The van der Waals surface area contributed by atoms with Crippen LogP contribution in [-0.4, -0.2) is 23.0 Å². The zero-order valence-corrected chi connectivity index (χ0v) is 19.8. The maximum Gasteiger partial charge on any atom is 0.232 e. The number of aryl methyl sites for hydroxylation is 1. The number of aromatic nitrogens is 2. The number of hydrogen-bond donors (Lipinski definition) is 1. The third-order valence-electron chi connectivity index (χ3n) is 4.57. The Morgan fingerprint density at radius 3 is 2.59 bits per heavy atom. The van der Waals surface area contributed by atoms with Crippen LogP contribution in [0.3, 0.4) is 0 Å². The molecule has 0 atom stereocenters. The predicted octanol–water partition coefficient (Wildman–Crippen LogP) is 6.00. The standard InChI is InChI=1S/C23H20ClN3O3S2/c1-14-9-18(7-8-19(14)24)30-11-22-25-16(12-31-22)10-21(28)27-23-26-20(13-32-23)15-3-5-17(29-2)6-4-15/h3-9,12-13H,10-11H2,1-2H3,(H,26,27,28). The first-order valence-electron chi connectivity index (χ1n) is 9.72. The van der Waals surface area contributed by atoms with Crippen LogP contribution in [0.25, 0.3) is 11.3 Å². The Labute approximate surface area is 198 Å². The van der Waals surface area contributed by atoms with Crippen molar-refractivity contribution in [3.63, 3.8) is 0 Å². The van der Waals surface area contributed by atoms with E-state index < -0.39 is 0 Å². The van der Waals surface area contributed by atoms with E-state index in [2.05, 4.69) is 15.3 Å². The number of carbonyl (C=O) groups is 1. The number of nitrogens with zero attached hydrogens (tertiary/aromatic N) is 2. The normalized spacial score (nSPS) is 10.7. The van der Waals surface area contributed by atoms with Crippen molar-refractivity contribution in [1.29, 1.82) is 0 Å². The van der Waals surface area contributed by atoms with Crippen LogP contribution in [0.5, 0.6) is 11.5 Å². The molecule has 1 amide bonds. The van der Waals surface area contributed by atoms with Gasteiger partial charge in [-0.3, -0.25) is 4.79 Å². The molecule has 0 aliphatic carbocycles. The highest BCUT2D eigenvalue weighted by Crippen LogP contribution is 2.27. The number of carbonyl (C=O) groups excluding carboxylic acids is 1. The molecule has 0 spiro atoms. The molecule has 164 valence electrons. The van der Waals surface area contributed by atoms with E-state index in [4.69, 9.17) is 21.1 Å². The molecule has 2 aromatic heterocycles. The maximum atomic E-state index is 12.4. The van der Waals surface area contributed by atoms with Crippen LogP contribution >= 0.6 is 34.3 Å². The molecule has 2 aromatic carbocycles. The average molecular weight is 486 g/mol. The van der Waals surface area contributed by atoms with E-state index >= 15 is 0 Å². The van der Waals surface area contributed by atoms with E-state index in [1.165, 1.54) is 22.7 Å². The van der Waals surface area contributed by atoms with E-state index in [0.29, 0.717) is 22.5 Å². The van der Waals surface area contributed by atoms with Gasteiger partial charge in [-0.25, -0.2) is 9.97 Å². The monoisotopic (exact) mass is 485 g/mol. The summed E-state index contributed by atoms with van der Waals surface area (Å²) < 4.78 is 10.9. The summed E-state index contributed by atoms with van der Waals surface area (Å²) in [5.74, 6) is 1.36. The minimum Gasteiger partial charge on any atom is -0.497 e. The molecule has 0 radical (unpaired) electrons. The van der Waals surface area contributed by atoms with Crippen molar-refractivity contribution in [2.75, 3.05) is 12.4 Å². The molecule has 1 N–H and O–H groups in total. The number of anilines is 1. The van der Waals surface area contributed by atoms with Crippen LogP contribution in [0.15, 0.2) is 53.2 Å². The second-order valence-electron chi connectivity index (χ2n) is 6.92. The number of amides is 1. The zero-order chi connectivity index (χ0) is 22.5. The van der Waals surface area contributed by atoms with Gasteiger partial charge in [0.15, 0.2) is 5.13 Å². The van der Waals surface area contributed by atoms with E-state index in [1.807, 2.05) is 60.1 Å². The smallest absolute Gasteiger partial charge is 0.232 e. The van der Waals surface area contributed by atoms with Crippen molar-refractivity contribution in [3.05, 3.63) is 74.5 Å². The number of benzene rings is 2. The third-order valence-corrected chi connectivity index (χ3v) is 6.62. The molecule has 0 saturated carbocycles. The number of nitrogens with one attached hydrogen (secondary N) is 1. The lowest BCUT2D eigenvalue weighted by molar-refractivity contribution is -0.115. The number of hydrogen-bond acceptors (Lipinski definition) is 7. The van der Waals surface area contributed by atoms with Gasteiger partial charge in [0.1, 0.15) is 23.1 Å². The summed E-state index contributed by atoms with van der Waals surface area (Å²) in [6.45, 7) is 2.27. The van der Waals surface area contributed by atoms with Crippen LogP contribution in [0, 0.1) is 6.92 Å². The molecule has 0 aliphatic rings. The SMILES string of the molecule is COc1ccc(-c2csc(NC(=O)Cc3csc(COc4ccc(Cl)c(C)c4)n3)n2)cc1. The minimum absolute atomic E-state index is 0.160. The average Bonchev–Trinajstić information content (AvgIpc) is 3.44. The Bertz CT molecular complexity index is 1220. The summed E-state index contributed by atoms with van der Waals surface area (Å²) in [6, 6.07) is 13.1. The lowest BCUT2D eigenvalue weighted by Crippen LogP contribution is -2.14. The van der Waals surface area contributed by atoms with Gasteiger partial charge in [-0.15, -0.1) is 22.7 Å². The summed E-state index contributed by atoms with van der Waals surface area (Å²) in [5.41, 5.74) is 3.42. The van der Waals surface area contributed by atoms with Crippen LogP contribution in [-0.2, 0) is 17.8 Å². The second kappa shape index (κ2) is 10.1. The fourth-order valence-corrected chi connectivity index (χ4v) is 4.46. The van der Waals surface area contributed by atoms with E-state index in [0.717, 1.165) is 33.3 Å². The molecule has 0 fully saturated rings. The fourth-order valence-electron chi connectivity index (χ4n) is 2.90. The van der Waals surface area contributed by atoms with Gasteiger partial charge in [-0.05, 0) is 55.0 Å². The van der Waals surface area contributed by atoms with Gasteiger partial charge in [-0.2, -0.15) is 0 Å². The fraction of sp³-hybridized carbons (Fsp3) is 0.174. The quantitative estimate of drug-likeness (QED) is 0.331. The van der Waals surface area contributed by atoms with Gasteiger partial charge in [0.25, 0.3) is 0 Å². The zero-order valence-electron chi connectivity index (χ0n) is 17.4. The van der Waals surface area contributed by atoms with E-state index in [-0.39, 0.29) is 12.3 Å². The molecule has 9 heteroatoms. The molecule has 0 unspecified atom stereocenters. The summed E-state index contributed by atoms with van der Waals surface area (Å²) >= 11 is 8.89. The van der Waals surface area contributed by atoms with Gasteiger partial charge in [0.05, 0.1) is 24.9 Å². The second-order valence-corrected chi connectivity index (χ2v) is 9.13. The van der Waals surface area contributed by atoms with Crippen molar-refractivity contribution in [2.45, 2.75) is 20.0 Å². The first-order chi connectivity index (χ1) is 15.5. The molecule has 0 bridgehead atoms. The Balaban J connectivity index is 1.30. The minimum atomic E-state index is -0.160. The Morgan fingerprint density at radius 2 is 1.84 bits per heavy atom.